The van der Waals surface area contributed by atoms with E-state index in [1.807, 2.05) is 0 Å². The third-order valence-corrected chi connectivity index (χ3v) is 6.82. The average molecular weight is 320 g/mol. The van der Waals surface area contributed by atoms with Crippen LogP contribution in [-0.4, -0.2) is 70.3 Å². The van der Waals surface area contributed by atoms with Gasteiger partial charge in [-0.3, -0.25) is 0 Å². The summed E-state index contributed by atoms with van der Waals surface area (Å²) in [6.45, 7) is 10.7. The predicted molar refractivity (Wildman–Crippen MR) is 87.4 cm³/mol. The Balaban J connectivity index is 2.22. The van der Waals surface area contributed by atoms with Gasteiger partial charge < -0.3 is 15.0 Å². The van der Waals surface area contributed by atoms with E-state index in [4.69, 9.17) is 4.74 Å². The Morgan fingerprint density at radius 3 is 2.38 bits per heavy atom. The quantitative estimate of drug-likeness (QED) is 0.680. The van der Waals surface area contributed by atoms with Gasteiger partial charge in [0.1, 0.15) is 0 Å². The van der Waals surface area contributed by atoms with Crippen molar-refractivity contribution < 1.29 is 13.2 Å². The van der Waals surface area contributed by atoms with Crippen molar-refractivity contribution in [3.05, 3.63) is 0 Å². The van der Waals surface area contributed by atoms with Gasteiger partial charge in [-0.05, 0) is 59.2 Å². The van der Waals surface area contributed by atoms with Gasteiger partial charge in [-0.1, -0.05) is 0 Å². The summed E-state index contributed by atoms with van der Waals surface area (Å²) in [5.41, 5.74) is 0. The summed E-state index contributed by atoms with van der Waals surface area (Å²) in [7, 11) is -1.28. The number of ether oxygens (including phenoxy) is 1. The molecule has 0 bridgehead atoms. The van der Waals surface area contributed by atoms with E-state index in [1.54, 1.807) is 27.9 Å². The van der Waals surface area contributed by atoms with E-state index in [0.717, 1.165) is 45.6 Å². The first-order valence-corrected chi connectivity index (χ1v) is 9.56. The molecule has 0 spiro atoms. The molecular weight excluding hydrogens is 288 g/mol. The fourth-order valence-electron chi connectivity index (χ4n) is 2.45. The molecule has 0 aromatic rings. The summed E-state index contributed by atoms with van der Waals surface area (Å²) in [6, 6.07) is 0. The van der Waals surface area contributed by atoms with Crippen molar-refractivity contribution in [3.63, 3.8) is 0 Å². The summed E-state index contributed by atoms with van der Waals surface area (Å²) in [4.78, 5) is 2.29. The highest BCUT2D eigenvalue weighted by atomic mass is 32.2. The zero-order valence-corrected chi connectivity index (χ0v) is 14.8. The molecule has 21 heavy (non-hydrogen) atoms. The highest BCUT2D eigenvalue weighted by molar-refractivity contribution is 7.92. The van der Waals surface area contributed by atoms with Gasteiger partial charge in [0.15, 0.2) is 9.84 Å². The lowest BCUT2D eigenvalue weighted by atomic mass is 9.97. The molecule has 0 radical (unpaired) electrons. The Kier molecular flexibility index (Phi) is 7.60. The minimum absolute atomic E-state index is 0.271. The average Bonchev–Trinajstić information content (AvgIpc) is 2.41. The molecule has 0 amide bonds. The summed E-state index contributed by atoms with van der Waals surface area (Å²) >= 11 is 0. The van der Waals surface area contributed by atoms with Crippen LogP contribution in [0.4, 0.5) is 0 Å². The number of nitrogens with zero attached hydrogens (tertiary/aromatic N) is 1. The van der Waals surface area contributed by atoms with Crippen molar-refractivity contribution in [1.82, 2.24) is 10.2 Å². The van der Waals surface area contributed by atoms with Crippen molar-refractivity contribution in [1.29, 1.82) is 0 Å². The van der Waals surface area contributed by atoms with E-state index in [-0.39, 0.29) is 5.75 Å². The monoisotopic (exact) mass is 320 g/mol. The van der Waals surface area contributed by atoms with Crippen LogP contribution in [0.3, 0.4) is 0 Å². The standard InChI is InChI=1S/C15H32N2O3S/c1-15(2,3)21(18,19)12-10-17-8-5-14(6-9-17)13-16-7-11-20-4/h14,16H,5-13H2,1-4H3. The first kappa shape index (κ1) is 18.9. The van der Waals surface area contributed by atoms with E-state index in [2.05, 4.69) is 10.2 Å². The molecule has 5 nitrogen and oxygen atoms in total. The van der Waals surface area contributed by atoms with E-state index in [1.165, 1.54) is 0 Å². The molecule has 1 fully saturated rings. The van der Waals surface area contributed by atoms with Crippen molar-refractivity contribution >= 4 is 9.84 Å². The maximum Gasteiger partial charge on any atom is 0.156 e. The molecule has 0 saturated carbocycles. The molecular formula is C15H32N2O3S. The second-order valence-electron chi connectivity index (χ2n) is 6.91. The van der Waals surface area contributed by atoms with Gasteiger partial charge in [0.25, 0.3) is 0 Å². The highest BCUT2D eigenvalue weighted by Gasteiger charge is 2.29. The lowest BCUT2D eigenvalue weighted by Gasteiger charge is -2.32. The van der Waals surface area contributed by atoms with Crippen LogP contribution in [0, 0.1) is 5.92 Å². The molecule has 1 heterocycles. The normalized spacial score (nSPS) is 19.0. The maximum absolute atomic E-state index is 12.1. The van der Waals surface area contributed by atoms with Gasteiger partial charge >= 0.3 is 0 Å². The first-order valence-electron chi connectivity index (χ1n) is 7.90. The van der Waals surface area contributed by atoms with Crippen LogP contribution in [0.2, 0.25) is 0 Å². The smallest absolute Gasteiger partial charge is 0.156 e. The minimum atomic E-state index is -3.00. The van der Waals surface area contributed by atoms with E-state index < -0.39 is 14.6 Å². The minimum Gasteiger partial charge on any atom is -0.383 e. The van der Waals surface area contributed by atoms with Crippen LogP contribution in [0.1, 0.15) is 33.6 Å². The van der Waals surface area contributed by atoms with Crippen LogP contribution in [0.25, 0.3) is 0 Å². The number of nitrogens with one attached hydrogen (secondary N) is 1. The van der Waals surface area contributed by atoms with Crippen LogP contribution < -0.4 is 5.32 Å². The van der Waals surface area contributed by atoms with E-state index in [0.29, 0.717) is 12.5 Å². The second kappa shape index (κ2) is 8.46. The van der Waals surface area contributed by atoms with Gasteiger partial charge in [-0.2, -0.15) is 0 Å². The molecule has 1 aliphatic rings. The van der Waals surface area contributed by atoms with Crippen molar-refractivity contribution in [3.8, 4) is 0 Å². The highest BCUT2D eigenvalue weighted by Crippen LogP contribution is 2.19. The Morgan fingerprint density at radius 2 is 1.86 bits per heavy atom. The number of hydrogen-bond donors (Lipinski definition) is 1. The van der Waals surface area contributed by atoms with E-state index in [9.17, 15) is 8.42 Å². The molecule has 0 atom stereocenters. The topological polar surface area (TPSA) is 58.6 Å². The number of piperidine rings is 1. The molecule has 1 rings (SSSR count). The van der Waals surface area contributed by atoms with Gasteiger partial charge in [-0.25, -0.2) is 8.42 Å². The van der Waals surface area contributed by atoms with Gasteiger partial charge in [0.2, 0.25) is 0 Å². The fourth-order valence-corrected chi connectivity index (χ4v) is 3.56. The zero-order chi connectivity index (χ0) is 15.9. The van der Waals surface area contributed by atoms with E-state index >= 15 is 0 Å². The van der Waals surface area contributed by atoms with Crippen molar-refractivity contribution in [2.45, 2.75) is 38.4 Å². The molecule has 1 aliphatic heterocycles. The zero-order valence-electron chi connectivity index (χ0n) is 14.0. The largest absolute Gasteiger partial charge is 0.383 e. The molecule has 1 saturated heterocycles. The maximum atomic E-state index is 12.1. The summed E-state index contributed by atoms with van der Waals surface area (Å²) < 4.78 is 28.6. The lowest BCUT2D eigenvalue weighted by molar-refractivity contribution is 0.178. The lowest BCUT2D eigenvalue weighted by Crippen LogP contribution is -2.41. The Bertz CT molecular complexity index is 382. The SMILES string of the molecule is COCCNCC1CCN(CCS(=O)(=O)C(C)(C)C)CC1. The van der Waals surface area contributed by atoms with Crippen LogP contribution in [0.15, 0.2) is 0 Å². The Morgan fingerprint density at radius 1 is 1.24 bits per heavy atom. The summed E-state index contributed by atoms with van der Waals surface area (Å²) in [5.74, 6) is 0.977. The summed E-state index contributed by atoms with van der Waals surface area (Å²) in [5, 5.41) is 3.41. The number of likely N-dealkylation sites (tertiary alicyclic amines) is 1. The second-order valence-corrected chi connectivity index (χ2v) is 9.78. The predicted octanol–water partition coefficient (Wildman–Crippen LogP) is 1.15. The van der Waals surface area contributed by atoms with Gasteiger partial charge in [-0.15, -0.1) is 0 Å². The fraction of sp³-hybridized carbons (Fsp3) is 1.00. The molecule has 0 aliphatic carbocycles. The van der Waals surface area contributed by atoms with Crippen LogP contribution >= 0.6 is 0 Å². The van der Waals surface area contributed by atoms with Crippen LogP contribution in [0.5, 0.6) is 0 Å². The molecule has 0 unspecified atom stereocenters. The third kappa shape index (κ3) is 6.63. The first-order chi connectivity index (χ1) is 9.76. The van der Waals surface area contributed by atoms with Gasteiger partial charge in [0, 0.05) is 20.2 Å². The van der Waals surface area contributed by atoms with Gasteiger partial charge in [0.05, 0.1) is 17.1 Å². The van der Waals surface area contributed by atoms with Crippen LogP contribution in [-0.2, 0) is 14.6 Å². The molecule has 1 N–H and O–H groups in total. The summed E-state index contributed by atoms with van der Waals surface area (Å²) in [6.07, 6.45) is 2.30. The Labute approximate surface area is 130 Å². The van der Waals surface area contributed by atoms with Crippen molar-refractivity contribution in [2.75, 3.05) is 52.2 Å². The van der Waals surface area contributed by atoms with Crippen molar-refractivity contribution in [2.24, 2.45) is 5.92 Å². The number of sulfone groups is 1. The molecule has 126 valence electrons. The number of hydrogen-bond acceptors (Lipinski definition) is 5. The third-order valence-electron chi connectivity index (χ3n) is 4.23. The Hall–Kier alpha value is -0.170. The number of rotatable bonds is 8. The molecule has 0 aromatic carbocycles. The number of methoxy groups -OCH3 is 1. The molecule has 6 heteroatoms. The molecule has 0 aromatic heterocycles.